The SMILES string of the molecule is CC#N.Nc1nc2ccc(C(=O)NCc3ccncc3)cc2c(=O)n1Cc1ccc(CC(=O)O)cc1. The number of fused-ring (bicyclic) bond motifs is 1. The number of nitriles is 1. The zero-order chi connectivity index (χ0) is 26.1. The zero-order valence-electron chi connectivity index (χ0n) is 19.5. The molecule has 0 saturated carbocycles. The van der Waals surface area contributed by atoms with Gasteiger partial charge in [0.15, 0.2) is 0 Å². The van der Waals surface area contributed by atoms with Crippen LogP contribution in [0, 0.1) is 11.3 Å². The number of amides is 1. The number of rotatable bonds is 7. The van der Waals surface area contributed by atoms with Gasteiger partial charge in [-0.15, -0.1) is 0 Å². The van der Waals surface area contributed by atoms with E-state index in [9.17, 15) is 14.4 Å². The second-order valence-electron chi connectivity index (χ2n) is 7.74. The molecule has 0 spiro atoms. The van der Waals surface area contributed by atoms with E-state index < -0.39 is 5.97 Å². The summed E-state index contributed by atoms with van der Waals surface area (Å²) in [7, 11) is 0. The molecule has 182 valence electrons. The molecule has 0 atom stereocenters. The molecule has 0 unspecified atom stereocenters. The van der Waals surface area contributed by atoms with Gasteiger partial charge in [0.05, 0.1) is 29.9 Å². The van der Waals surface area contributed by atoms with E-state index in [-0.39, 0.29) is 35.8 Å². The molecule has 0 radical (unpaired) electrons. The van der Waals surface area contributed by atoms with Gasteiger partial charge in [0.25, 0.3) is 11.5 Å². The topological polar surface area (TPSA) is 164 Å². The maximum absolute atomic E-state index is 13.1. The highest BCUT2D eigenvalue weighted by Gasteiger charge is 2.13. The van der Waals surface area contributed by atoms with E-state index in [2.05, 4.69) is 15.3 Å². The largest absolute Gasteiger partial charge is 0.481 e. The summed E-state index contributed by atoms with van der Waals surface area (Å²) >= 11 is 0. The molecule has 0 fully saturated rings. The molecule has 4 rings (SSSR count). The first-order valence-corrected chi connectivity index (χ1v) is 10.9. The van der Waals surface area contributed by atoms with E-state index in [1.54, 1.807) is 67.0 Å². The van der Waals surface area contributed by atoms with E-state index >= 15 is 0 Å². The van der Waals surface area contributed by atoms with E-state index in [1.165, 1.54) is 17.6 Å². The number of nitrogen functional groups attached to an aromatic ring is 1. The Morgan fingerprint density at radius 3 is 2.33 bits per heavy atom. The zero-order valence-corrected chi connectivity index (χ0v) is 19.5. The predicted molar refractivity (Wildman–Crippen MR) is 134 cm³/mol. The number of nitrogens with zero attached hydrogens (tertiary/aromatic N) is 4. The van der Waals surface area contributed by atoms with Crippen LogP contribution in [0.5, 0.6) is 0 Å². The first-order chi connectivity index (χ1) is 17.3. The van der Waals surface area contributed by atoms with Gasteiger partial charge in [0.2, 0.25) is 5.95 Å². The first kappa shape index (κ1) is 25.6. The van der Waals surface area contributed by atoms with Crippen LogP contribution in [0.25, 0.3) is 10.9 Å². The van der Waals surface area contributed by atoms with Crippen LogP contribution in [0.15, 0.2) is 71.8 Å². The molecule has 2 aromatic carbocycles. The van der Waals surface area contributed by atoms with Crippen LogP contribution in [0.3, 0.4) is 0 Å². The van der Waals surface area contributed by atoms with Gasteiger partial charge in [0.1, 0.15) is 0 Å². The second-order valence-corrected chi connectivity index (χ2v) is 7.74. The number of hydrogen-bond donors (Lipinski definition) is 3. The fourth-order valence-corrected chi connectivity index (χ4v) is 3.44. The third kappa shape index (κ3) is 6.51. The van der Waals surface area contributed by atoms with E-state index in [4.69, 9.17) is 16.1 Å². The minimum absolute atomic E-state index is 0.0528. The third-order valence-corrected chi connectivity index (χ3v) is 5.17. The van der Waals surface area contributed by atoms with Crippen molar-refractivity contribution in [2.45, 2.75) is 26.4 Å². The Morgan fingerprint density at radius 2 is 1.69 bits per heavy atom. The van der Waals surface area contributed by atoms with Crippen molar-refractivity contribution >= 4 is 28.7 Å². The lowest BCUT2D eigenvalue weighted by molar-refractivity contribution is -0.136. The monoisotopic (exact) mass is 484 g/mol. The summed E-state index contributed by atoms with van der Waals surface area (Å²) in [6, 6.07) is 17.0. The summed E-state index contributed by atoms with van der Waals surface area (Å²) in [4.78, 5) is 44.8. The summed E-state index contributed by atoms with van der Waals surface area (Å²) in [6.45, 7) is 1.93. The van der Waals surface area contributed by atoms with Crippen LogP contribution in [-0.2, 0) is 24.3 Å². The lowest BCUT2D eigenvalue weighted by Gasteiger charge is -2.12. The van der Waals surface area contributed by atoms with Gasteiger partial charge in [0, 0.05) is 31.4 Å². The van der Waals surface area contributed by atoms with Gasteiger partial charge in [-0.1, -0.05) is 24.3 Å². The molecular formula is C26H24N6O4. The number of nitrogens with one attached hydrogen (secondary N) is 1. The van der Waals surface area contributed by atoms with Crippen molar-refractivity contribution in [1.29, 1.82) is 5.26 Å². The molecule has 2 heterocycles. The number of carbonyl (C=O) groups is 2. The Bertz CT molecular complexity index is 1480. The molecule has 0 aliphatic heterocycles. The molecule has 1 amide bonds. The summed E-state index contributed by atoms with van der Waals surface area (Å²) < 4.78 is 1.33. The predicted octanol–water partition coefficient (Wildman–Crippen LogP) is 2.51. The lowest BCUT2D eigenvalue weighted by atomic mass is 10.1. The number of carbonyl (C=O) groups excluding carboxylic acids is 1. The molecular weight excluding hydrogens is 460 g/mol. The molecule has 4 aromatic rings. The van der Waals surface area contributed by atoms with Crippen LogP contribution in [-0.4, -0.2) is 31.5 Å². The van der Waals surface area contributed by atoms with Crippen molar-refractivity contribution in [2.75, 3.05) is 5.73 Å². The Balaban J connectivity index is 0.00000115. The van der Waals surface area contributed by atoms with Gasteiger partial charge in [-0.05, 0) is 47.0 Å². The standard InChI is InChI=1S/C24H21N5O4.C2H3N/c25-24-28-20-6-5-18(22(32)27-13-16-7-9-26-10-8-16)12-19(20)23(33)29(24)14-17-3-1-15(2-4-17)11-21(30)31;1-2-3/h1-10,12H,11,13-14H2,(H2,25,28)(H,27,32)(H,30,31);1H3. The summed E-state index contributed by atoms with van der Waals surface area (Å²) in [5, 5.41) is 19.3. The van der Waals surface area contributed by atoms with Crippen molar-refractivity contribution in [1.82, 2.24) is 19.9 Å². The number of aliphatic carboxylic acids is 1. The summed E-state index contributed by atoms with van der Waals surface area (Å²) in [5.74, 6) is -1.18. The quantitative estimate of drug-likeness (QED) is 0.360. The number of carboxylic acids is 1. The molecule has 10 heteroatoms. The fraction of sp³-hybridized carbons (Fsp3) is 0.154. The van der Waals surface area contributed by atoms with Crippen molar-refractivity contribution in [3.8, 4) is 6.07 Å². The number of aromatic nitrogens is 3. The highest BCUT2D eigenvalue weighted by molar-refractivity contribution is 5.97. The highest BCUT2D eigenvalue weighted by atomic mass is 16.4. The van der Waals surface area contributed by atoms with Crippen LogP contribution in [0.2, 0.25) is 0 Å². The van der Waals surface area contributed by atoms with Crippen LogP contribution < -0.4 is 16.6 Å². The lowest BCUT2D eigenvalue weighted by Crippen LogP contribution is -2.26. The molecule has 0 aliphatic carbocycles. The highest BCUT2D eigenvalue weighted by Crippen LogP contribution is 2.15. The molecule has 0 aliphatic rings. The van der Waals surface area contributed by atoms with Gasteiger partial charge in [-0.2, -0.15) is 5.26 Å². The molecule has 10 nitrogen and oxygen atoms in total. The number of anilines is 1. The van der Waals surface area contributed by atoms with E-state index in [0.29, 0.717) is 23.2 Å². The van der Waals surface area contributed by atoms with E-state index in [1.807, 2.05) is 0 Å². The minimum atomic E-state index is -0.914. The Hall–Kier alpha value is -5.04. The van der Waals surface area contributed by atoms with Crippen molar-refractivity contribution in [3.63, 3.8) is 0 Å². The molecule has 0 bridgehead atoms. The van der Waals surface area contributed by atoms with Crippen molar-refractivity contribution in [2.24, 2.45) is 0 Å². The van der Waals surface area contributed by atoms with E-state index in [0.717, 1.165) is 11.1 Å². The van der Waals surface area contributed by atoms with Crippen molar-refractivity contribution < 1.29 is 14.7 Å². The molecule has 4 N–H and O–H groups in total. The number of nitrogens with two attached hydrogens (primary N) is 1. The average molecular weight is 485 g/mol. The Labute approximate surface area is 206 Å². The number of pyridine rings is 1. The summed E-state index contributed by atoms with van der Waals surface area (Å²) in [6.07, 6.45) is 3.22. The minimum Gasteiger partial charge on any atom is -0.481 e. The average Bonchev–Trinajstić information content (AvgIpc) is 2.87. The molecule has 0 saturated heterocycles. The maximum atomic E-state index is 13.1. The number of benzene rings is 2. The number of hydrogen-bond acceptors (Lipinski definition) is 7. The molecule has 2 aromatic heterocycles. The molecule has 36 heavy (non-hydrogen) atoms. The maximum Gasteiger partial charge on any atom is 0.307 e. The fourth-order valence-electron chi connectivity index (χ4n) is 3.44. The summed E-state index contributed by atoms with van der Waals surface area (Å²) in [5.41, 5.74) is 8.74. The van der Waals surface area contributed by atoms with Gasteiger partial charge >= 0.3 is 5.97 Å². The Morgan fingerprint density at radius 1 is 1.06 bits per heavy atom. The van der Waals surface area contributed by atoms with Gasteiger partial charge in [-0.3, -0.25) is 23.9 Å². The van der Waals surface area contributed by atoms with Crippen LogP contribution in [0.4, 0.5) is 5.95 Å². The van der Waals surface area contributed by atoms with Crippen LogP contribution in [0.1, 0.15) is 34.0 Å². The Kier molecular flexibility index (Phi) is 8.45. The first-order valence-electron chi connectivity index (χ1n) is 10.9. The second kappa shape index (κ2) is 11.9. The third-order valence-electron chi connectivity index (χ3n) is 5.17. The normalized spacial score (nSPS) is 10.1. The van der Waals surface area contributed by atoms with Gasteiger partial charge in [-0.25, -0.2) is 4.98 Å². The van der Waals surface area contributed by atoms with Gasteiger partial charge < -0.3 is 16.2 Å². The smallest absolute Gasteiger partial charge is 0.307 e. The van der Waals surface area contributed by atoms with Crippen LogP contribution >= 0.6 is 0 Å². The number of carboxylic acid groups (broad SMARTS) is 1. The van der Waals surface area contributed by atoms with Crippen molar-refractivity contribution in [3.05, 3.63) is 99.6 Å².